The van der Waals surface area contributed by atoms with Crippen LogP contribution < -0.4 is 5.32 Å². The number of fused-ring (bicyclic) bond motifs is 1. The number of aromatic nitrogens is 1. The van der Waals surface area contributed by atoms with Crippen molar-refractivity contribution in [2.45, 2.75) is 87.6 Å². The first-order valence-corrected chi connectivity index (χ1v) is 15.0. The molecule has 0 saturated carbocycles. The Balaban J connectivity index is 0.000000507. The highest BCUT2D eigenvalue weighted by atomic mass is 32.1. The SMILES string of the molecule is CC(C)=O.CCCC(C)CC.CCc1ccc(F)cc1.CNCc1nc2ccccc2o1.Cc1cc(C)c(C=O)s1. The van der Waals surface area contributed by atoms with Gasteiger partial charge in [-0.2, -0.15) is 0 Å². The molecule has 0 bridgehead atoms. The molecule has 0 spiro atoms. The van der Waals surface area contributed by atoms with Crippen LogP contribution in [0.5, 0.6) is 0 Å². The topological polar surface area (TPSA) is 72.2 Å². The molecular formula is C34H49FN2O3S. The molecule has 2 aromatic heterocycles. The Morgan fingerprint density at radius 2 is 1.68 bits per heavy atom. The number of nitrogens with zero attached hydrogens (tertiary/aromatic N) is 1. The molecule has 0 amide bonds. The van der Waals surface area contributed by atoms with Crippen LogP contribution in [0.3, 0.4) is 0 Å². The lowest BCUT2D eigenvalue weighted by molar-refractivity contribution is -0.115. The van der Waals surface area contributed by atoms with Gasteiger partial charge in [-0.25, -0.2) is 9.37 Å². The lowest BCUT2D eigenvalue weighted by Gasteiger charge is -2.02. The smallest absolute Gasteiger partial charge is 0.209 e. The number of aryl methyl sites for hydroxylation is 3. The molecule has 0 aliphatic carbocycles. The first-order chi connectivity index (χ1) is 19.5. The van der Waals surface area contributed by atoms with Crippen LogP contribution >= 0.6 is 11.3 Å². The van der Waals surface area contributed by atoms with Gasteiger partial charge in [-0.05, 0) is 88.5 Å². The van der Waals surface area contributed by atoms with E-state index in [9.17, 15) is 14.0 Å². The van der Waals surface area contributed by atoms with Gasteiger partial charge in [0.05, 0.1) is 11.4 Å². The Kier molecular flexibility index (Phi) is 20.8. The molecule has 0 fully saturated rings. The molecule has 4 rings (SSSR count). The Labute approximate surface area is 250 Å². The Hall–Kier alpha value is -3.16. The lowest BCUT2D eigenvalue weighted by atomic mass is 10.0. The molecule has 0 aliphatic heterocycles. The summed E-state index contributed by atoms with van der Waals surface area (Å²) in [4.78, 5) is 26.0. The Morgan fingerprint density at radius 3 is 2.07 bits per heavy atom. The van der Waals surface area contributed by atoms with Crippen LogP contribution in [0.4, 0.5) is 4.39 Å². The zero-order valence-electron chi connectivity index (χ0n) is 26.3. The Morgan fingerprint density at radius 1 is 1.07 bits per heavy atom. The second-order valence-corrected chi connectivity index (χ2v) is 11.1. The van der Waals surface area contributed by atoms with Gasteiger partial charge in [0.2, 0.25) is 5.89 Å². The van der Waals surface area contributed by atoms with Crippen molar-refractivity contribution in [3.8, 4) is 0 Å². The zero-order valence-corrected chi connectivity index (χ0v) is 27.2. The molecular weight excluding hydrogens is 535 g/mol. The number of hydrogen-bond acceptors (Lipinski definition) is 6. The van der Waals surface area contributed by atoms with E-state index in [1.54, 1.807) is 23.5 Å². The Bertz CT molecular complexity index is 1210. The van der Waals surface area contributed by atoms with E-state index in [1.807, 2.05) is 58.2 Å². The number of hydrogen-bond donors (Lipinski definition) is 1. The van der Waals surface area contributed by atoms with Gasteiger partial charge in [0.15, 0.2) is 11.9 Å². The average molecular weight is 585 g/mol. The van der Waals surface area contributed by atoms with E-state index >= 15 is 0 Å². The lowest BCUT2D eigenvalue weighted by Crippen LogP contribution is -2.04. The molecule has 1 atom stereocenters. The minimum absolute atomic E-state index is 0.160. The molecule has 4 aromatic rings. The molecule has 0 aliphatic rings. The van der Waals surface area contributed by atoms with Crippen LogP contribution in [0.1, 0.15) is 92.4 Å². The number of Topliss-reactive ketones (excluding diaryl/α,β-unsaturated/α-hetero) is 1. The highest BCUT2D eigenvalue weighted by Crippen LogP contribution is 2.18. The first-order valence-electron chi connectivity index (χ1n) is 14.2. The highest BCUT2D eigenvalue weighted by Gasteiger charge is 2.02. The van der Waals surface area contributed by atoms with Gasteiger partial charge in [0.25, 0.3) is 0 Å². The number of ketones is 1. The number of rotatable bonds is 7. The van der Waals surface area contributed by atoms with Crippen LogP contribution in [0, 0.1) is 25.6 Å². The number of carbonyl (C=O) groups is 2. The number of carbonyl (C=O) groups excluding carboxylic acids is 2. The number of aldehydes is 1. The van der Waals surface area contributed by atoms with Gasteiger partial charge in [0.1, 0.15) is 17.1 Å². The number of nitrogens with one attached hydrogen (secondary N) is 1. The van der Waals surface area contributed by atoms with Gasteiger partial charge < -0.3 is 14.5 Å². The summed E-state index contributed by atoms with van der Waals surface area (Å²) < 4.78 is 17.7. The highest BCUT2D eigenvalue weighted by molar-refractivity contribution is 7.13. The quantitative estimate of drug-likeness (QED) is 0.219. The molecule has 0 radical (unpaired) electrons. The predicted molar refractivity (Wildman–Crippen MR) is 172 cm³/mol. The summed E-state index contributed by atoms with van der Waals surface area (Å²) in [5.74, 6) is 1.69. The predicted octanol–water partition coefficient (Wildman–Crippen LogP) is 9.54. The van der Waals surface area contributed by atoms with E-state index < -0.39 is 0 Å². The van der Waals surface area contributed by atoms with Crippen molar-refractivity contribution < 1.29 is 18.4 Å². The fraction of sp³-hybridized carbons (Fsp3) is 0.441. The number of benzene rings is 2. The van der Waals surface area contributed by atoms with E-state index in [2.05, 4.69) is 31.1 Å². The third-order valence-electron chi connectivity index (χ3n) is 5.65. The summed E-state index contributed by atoms with van der Waals surface area (Å²) >= 11 is 1.55. The summed E-state index contributed by atoms with van der Waals surface area (Å²) in [6.07, 6.45) is 5.96. The maximum absolute atomic E-state index is 12.2. The summed E-state index contributed by atoms with van der Waals surface area (Å²) in [7, 11) is 1.87. The van der Waals surface area contributed by atoms with Gasteiger partial charge in [-0.1, -0.05) is 71.2 Å². The van der Waals surface area contributed by atoms with Crippen molar-refractivity contribution in [1.29, 1.82) is 0 Å². The van der Waals surface area contributed by atoms with E-state index in [-0.39, 0.29) is 11.6 Å². The van der Waals surface area contributed by atoms with Crippen LogP contribution in [0.15, 0.2) is 59.0 Å². The molecule has 1 N–H and O–H groups in total. The largest absolute Gasteiger partial charge is 0.439 e. The van der Waals surface area contributed by atoms with Crippen LogP contribution in [-0.2, 0) is 17.8 Å². The van der Waals surface area contributed by atoms with E-state index in [4.69, 9.17) is 4.42 Å². The van der Waals surface area contributed by atoms with Crippen molar-refractivity contribution in [3.05, 3.63) is 87.2 Å². The fourth-order valence-electron chi connectivity index (χ4n) is 3.34. The molecule has 226 valence electrons. The van der Waals surface area contributed by atoms with Crippen molar-refractivity contribution >= 4 is 34.5 Å². The van der Waals surface area contributed by atoms with E-state index in [1.165, 1.54) is 55.7 Å². The maximum atomic E-state index is 12.2. The third kappa shape index (κ3) is 18.0. The van der Waals surface area contributed by atoms with Crippen LogP contribution in [-0.4, -0.2) is 24.1 Å². The molecule has 5 nitrogen and oxygen atoms in total. The van der Waals surface area contributed by atoms with E-state index in [0.29, 0.717) is 6.54 Å². The zero-order chi connectivity index (χ0) is 31.2. The summed E-state index contributed by atoms with van der Waals surface area (Å²) in [5, 5.41) is 2.99. The molecule has 2 heterocycles. The van der Waals surface area contributed by atoms with Gasteiger partial charge in [0, 0.05) is 4.88 Å². The number of para-hydroxylation sites is 2. The monoisotopic (exact) mass is 584 g/mol. The molecule has 2 aromatic carbocycles. The van der Waals surface area contributed by atoms with Crippen LogP contribution in [0.2, 0.25) is 0 Å². The first kappa shape index (κ1) is 37.8. The third-order valence-corrected chi connectivity index (χ3v) is 6.73. The average Bonchev–Trinajstić information content (AvgIpc) is 3.51. The molecule has 7 heteroatoms. The standard InChI is InChI=1S/C9H10N2O.C8H9F.C7H8OS.C7H16.C3H6O/c1-10-6-9-11-7-4-2-3-5-8(7)12-9;1-2-7-3-5-8(9)6-4-7;1-5-3-6(2)9-7(5)4-8;1-4-6-7(3)5-2;1-3(2)4/h2-5,10H,6H2,1H3;3-6H,2H2,1H3;3-4H,1-2H3;7H,4-6H2,1-3H3;1-2H3. The van der Waals surface area contributed by atoms with Gasteiger partial charge in [-0.15, -0.1) is 11.3 Å². The minimum Gasteiger partial charge on any atom is -0.439 e. The van der Waals surface area contributed by atoms with Crippen molar-refractivity contribution in [1.82, 2.24) is 10.3 Å². The summed E-state index contributed by atoms with van der Waals surface area (Å²) in [6.45, 7) is 16.5. The maximum Gasteiger partial charge on any atom is 0.209 e. The van der Waals surface area contributed by atoms with Crippen molar-refractivity contribution in [3.63, 3.8) is 0 Å². The van der Waals surface area contributed by atoms with Gasteiger partial charge in [-0.3, -0.25) is 4.79 Å². The molecule has 0 saturated heterocycles. The normalized spacial score (nSPS) is 10.4. The fourth-order valence-corrected chi connectivity index (χ4v) is 4.19. The van der Waals surface area contributed by atoms with Gasteiger partial charge >= 0.3 is 0 Å². The number of thiophene rings is 1. The number of oxazole rings is 1. The second kappa shape index (κ2) is 22.5. The van der Waals surface area contributed by atoms with E-state index in [0.717, 1.165) is 46.1 Å². The molecule has 41 heavy (non-hydrogen) atoms. The minimum atomic E-state index is -0.160. The summed E-state index contributed by atoms with van der Waals surface area (Å²) in [6, 6.07) is 16.3. The summed E-state index contributed by atoms with van der Waals surface area (Å²) in [5.41, 5.74) is 4.04. The van der Waals surface area contributed by atoms with Crippen molar-refractivity contribution in [2.75, 3.05) is 7.05 Å². The second-order valence-electron chi connectivity index (χ2n) is 9.82. The van der Waals surface area contributed by atoms with Crippen molar-refractivity contribution in [2.24, 2.45) is 5.92 Å². The molecule has 1 unspecified atom stereocenters. The number of halogens is 1. The van der Waals surface area contributed by atoms with Crippen LogP contribution in [0.25, 0.3) is 11.1 Å².